The summed E-state index contributed by atoms with van der Waals surface area (Å²) in [5.74, 6) is -0.806. The molecule has 6 nitrogen and oxygen atoms in total. The van der Waals surface area contributed by atoms with Crippen LogP contribution in [0.3, 0.4) is 0 Å². The van der Waals surface area contributed by atoms with Gasteiger partial charge in [0.25, 0.3) is 5.91 Å². The summed E-state index contributed by atoms with van der Waals surface area (Å²) in [6.45, 7) is 4.73. The lowest BCUT2D eigenvalue weighted by atomic mass is 10.0. The van der Waals surface area contributed by atoms with Crippen LogP contribution >= 0.6 is 0 Å². The Hall–Kier alpha value is -3.12. The van der Waals surface area contributed by atoms with Crippen molar-refractivity contribution in [2.75, 3.05) is 19.8 Å². The van der Waals surface area contributed by atoms with Gasteiger partial charge in [0.1, 0.15) is 5.58 Å². The molecule has 0 saturated heterocycles. The van der Waals surface area contributed by atoms with Gasteiger partial charge in [-0.3, -0.25) is 4.79 Å². The van der Waals surface area contributed by atoms with Crippen molar-refractivity contribution in [1.29, 1.82) is 0 Å². The Kier molecular flexibility index (Phi) is 7.03. The van der Waals surface area contributed by atoms with E-state index in [1.165, 1.54) is 0 Å². The summed E-state index contributed by atoms with van der Waals surface area (Å²) in [5, 5.41) is 3.59. The van der Waals surface area contributed by atoms with E-state index in [9.17, 15) is 9.59 Å². The van der Waals surface area contributed by atoms with Gasteiger partial charge in [0.05, 0.1) is 6.61 Å². The van der Waals surface area contributed by atoms with Gasteiger partial charge in [-0.25, -0.2) is 4.79 Å². The molecule has 0 aliphatic rings. The number of rotatable bonds is 9. The minimum absolute atomic E-state index is 0.0742. The van der Waals surface area contributed by atoms with Crippen molar-refractivity contribution in [1.82, 2.24) is 5.32 Å². The predicted octanol–water partition coefficient (Wildman–Crippen LogP) is 4.05. The van der Waals surface area contributed by atoms with Gasteiger partial charge in [-0.05, 0) is 24.5 Å². The predicted molar refractivity (Wildman–Crippen MR) is 110 cm³/mol. The van der Waals surface area contributed by atoms with Crippen LogP contribution in [0, 0.1) is 0 Å². The maximum atomic E-state index is 12.5. The fourth-order valence-electron chi connectivity index (χ4n) is 3.03. The Morgan fingerprint density at radius 2 is 1.79 bits per heavy atom. The van der Waals surface area contributed by atoms with Crippen LogP contribution < -0.4 is 5.32 Å². The number of esters is 1. The molecule has 0 bridgehead atoms. The number of furan rings is 1. The molecular formula is C23H25NO5. The SMILES string of the molecule is CCOCc1c(C(=O)OCC(=O)NCC(C)c2ccccc2)oc2ccccc12. The maximum absolute atomic E-state index is 12.5. The largest absolute Gasteiger partial charge is 0.450 e. The quantitative estimate of drug-likeness (QED) is 0.553. The molecule has 1 unspecified atom stereocenters. The normalized spacial score (nSPS) is 11.9. The van der Waals surface area contributed by atoms with E-state index in [-0.39, 0.29) is 30.8 Å². The van der Waals surface area contributed by atoms with Crippen LogP contribution in [0.25, 0.3) is 11.0 Å². The van der Waals surface area contributed by atoms with E-state index >= 15 is 0 Å². The minimum Gasteiger partial charge on any atom is -0.450 e. The van der Waals surface area contributed by atoms with Crippen LogP contribution in [0.4, 0.5) is 0 Å². The number of nitrogens with one attached hydrogen (secondary N) is 1. The molecule has 1 heterocycles. The summed E-state index contributed by atoms with van der Waals surface area (Å²) in [7, 11) is 0. The van der Waals surface area contributed by atoms with Crippen LogP contribution in [0.2, 0.25) is 0 Å². The molecular weight excluding hydrogens is 370 g/mol. The van der Waals surface area contributed by atoms with Crippen LogP contribution in [0.1, 0.15) is 41.4 Å². The number of benzene rings is 2. The van der Waals surface area contributed by atoms with Crippen molar-refractivity contribution < 1.29 is 23.5 Å². The first-order valence-corrected chi connectivity index (χ1v) is 9.67. The first kappa shape index (κ1) is 20.6. The summed E-state index contributed by atoms with van der Waals surface area (Å²) >= 11 is 0. The Balaban J connectivity index is 1.58. The second-order valence-electron chi connectivity index (χ2n) is 6.73. The van der Waals surface area contributed by atoms with E-state index in [1.807, 2.05) is 62.4 Å². The number of carbonyl (C=O) groups is 2. The van der Waals surface area contributed by atoms with Gasteiger partial charge in [-0.1, -0.05) is 55.5 Å². The number of hydrogen-bond acceptors (Lipinski definition) is 5. The van der Waals surface area contributed by atoms with E-state index in [0.29, 0.717) is 24.3 Å². The average Bonchev–Trinajstić information content (AvgIpc) is 3.13. The third-order valence-corrected chi connectivity index (χ3v) is 4.64. The number of carbonyl (C=O) groups excluding carboxylic acids is 2. The molecule has 0 saturated carbocycles. The Morgan fingerprint density at radius 3 is 2.55 bits per heavy atom. The molecule has 0 aliphatic carbocycles. The van der Waals surface area contributed by atoms with Crippen molar-refractivity contribution in [2.24, 2.45) is 0 Å². The van der Waals surface area contributed by atoms with Gasteiger partial charge < -0.3 is 19.2 Å². The van der Waals surface area contributed by atoms with Crippen molar-refractivity contribution in [3.8, 4) is 0 Å². The Labute approximate surface area is 169 Å². The summed E-state index contributed by atoms with van der Waals surface area (Å²) < 4.78 is 16.3. The number of fused-ring (bicyclic) bond motifs is 1. The summed E-state index contributed by atoms with van der Waals surface area (Å²) in [6.07, 6.45) is 0. The minimum atomic E-state index is -0.679. The molecule has 3 rings (SSSR count). The molecule has 2 aromatic carbocycles. The standard InChI is InChI=1S/C23H25NO5/c1-3-27-14-19-18-11-7-8-12-20(18)29-22(19)23(26)28-15-21(25)24-13-16(2)17-9-5-4-6-10-17/h4-12,16H,3,13-15H2,1-2H3,(H,24,25). The van der Waals surface area contributed by atoms with Gasteiger partial charge >= 0.3 is 5.97 Å². The molecule has 29 heavy (non-hydrogen) atoms. The van der Waals surface area contributed by atoms with E-state index in [4.69, 9.17) is 13.9 Å². The van der Waals surface area contributed by atoms with Crippen molar-refractivity contribution >= 4 is 22.8 Å². The lowest BCUT2D eigenvalue weighted by molar-refractivity contribution is -0.124. The molecule has 0 fully saturated rings. The second-order valence-corrected chi connectivity index (χ2v) is 6.73. The van der Waals surface area contributed by atoms with E-state index in [1.54, 1.807) is 6.07 Å². The van der Waals surface area contributed by atoms with Crippen molar-refractivity contribution in [3.63, 3.8) is 0 Å². The molecule has 1 amide bonds. The number of para-hydroxylation sites is 1. The second kappa shape index (κ2) is 9.89. The zero-order valence-electron chi connectivity index (χ0n) is 16.6. The molecule has 152 valence electrons. The first-order valence-electron chi connectivity index (χ1n) is 9.67. The van der Waals surface area contributed by atoms with Crippen LogP contribution in [0.5, 0.6) is 0 Å². The first-order chi connectivity index (χ1) is 14.1. The maximum Gasteiger partial charge on any atom is 0.375 e. The highest BCUT2D eigenvalue weighted by molar-refractivity contribution is 5.96. The van der Waals surface area contributed by atoms with E-state index in [0.717, 1.165) is 10.9 Å². The third kappa shape index (κ3) is 5.23. The number of amides is 1. The van der Waals surface area contributed by atoms with Gasteiger partial charge in [-0.15, -0.1) is 0 Å². The smallest absolute Gasteiger partial charge is 0.375 e. The molecule has 3 aromatic rings. The zero-order valence-corrected chi connectivity index (χ0v) is 16.6. The fraction of sp³-hybridized carbons (Fsp3) is 0.304. The molecule has 1 N–H and O–H groups in total. The number of ether oxygens (including phenoxy) is 2. The van der Waals surface area contributed by atoms with Gasteiger partial charge in [0.15, 0.2) is 6.61 Å². The Morgan fingerprint density at radius 1 is 1.07 bits per heavy atom. The summed E-state index contributed by atoms with van der Waals surface area (Å²) in [4.78, 5) is 24.6. The lowest BCUT2D eigenvalue weighted by Gasteiger charge is -2.13. The van der Waals surface area contributed by atoms with E-state index in [2.05, 4.69) is 5.32 Å². The lowest BCUT2D eigenvalue weighted by Crippen LogP contribution is -2.31. The average molecular weight is 395 g/mol. The summed E-state index contributed by atoms with van der Waals surface area (Å²) in [6, 6.07) is 17.2. The van der Waals surface area contributed by atoms with Crippen LogP contribution in [-0.4, -0.2) is 31.6 Å². The number of hydrogen-bond donors (Lipinski definition) is 1. The van der Waals surface area contributed by atoms with Crippen LogP contribution in [0.15, 0.2) is 59.0 Å². The molecule has 0 aliphatic heterocycles. The Bertz CT molecular complexity index is 964. The van der Waals surface area contributed by atoms with Crippen molar-refractivity contribution in [3.05, 3.63) is 71.5 Å². The molecule has 1 atom stereocenters. The van der Waals surface area contributed by atoms with Gasteiger partial charge in [0, 0.05) is 24.1 Å². The monoisotopic (exact) mass is 395 g/mol. The highest BCUT2D eigenvalue weighted by atomic mass is 16.5. The third-order valence-electron chi connectivity index (χ3n) is 4.64. The topological polar surface area (TPSA) is 77.8 Å². The highest BCUT2D eigenvalue weighted by Crippen LogP contribution is 2.27. The van der Waals surface area contributed by atoms with Crippen molar-refractivity contribution in [2.45, 2.75) is 26.4 Å². The highest BCUT2D eigenvalue weighted by Gasteiger charge is 2.22. The molecule has 0 spiro atoms. The van der Waals surface area contributed by atoms with E-state index < -0.39 is 5.97 Å². The van der Waals surface area contributed by atoms with Gasteiger partial charge in [-0.2, -0.15) is 0 Å². The fourth-order valence-corrected chi connectivity index (χ4v) is 3.03. The summed E-state index contributed by atoms with van der Waals surface area (Å²) in [5.41, 5.74) is 2.34. The van der Waals surface area contributed by atoms with Gasteiger partial charge in [0.2, 0.25) is 5.76 Å². The molecule has 0 radical (unpaired) electrons. The molecule has 1 aromatic heterocycles. The van der Waals surface area contributed by atoms with Crippen LogP contribution in [-0.2, 0) is 20.9 Å². The molecule has 6 heteroatoms. The zero-order chi connectivity index (χ0) is 20.6.